The third kappa shape index (κ3) is 5.64. The number of hydrogen-bond donors (Lipinski definition) is 1. The van der Waals surface area contributed by atoms with Gasteiger partial charge < -0.3 is 9.32 Å². The Morgan fingerprint density at radius 1 is 1.30 bits per heavy atom. The van der Waals surface area contributed by atoms with E-state index < -0.39 is 0 Å². The second-order valence-corrected chi connectivity index (χ2v) is 8.02. The van der Waals surface area contributed by atoms with E-state index in [9.17, 15) is 9.59 Å². The van der Waals surface area contributed by atoms with Crippen molar-refractivity contribution in [2.24, 2.45) is 5.92 Å². The van der Waals surface area contributed by atoms with Gasteiger partial charge in [0.1, 0.15) is 0 Å². The number of aromatic nitrogens is 1. The quantitative estimate of drug-likeness (QED) is 0.786. The summed E-state index contributed by atoms with van der Waals surface area (Å²) in [4.78, 5) is 33.2. The van der Waals surface area contributed by atoms with Gasteiger partial charge in [-0.2, -0.15) is 0 Å². The highest BCUT2D eigenvalue weighted by atomic mass is 32.1. The second-order valence-electron chi connectivity index (χ2n) is 7.16. The van der Waals surface area contributed by atoms with Crippen LogP contribution in [0.5, 0.6) is 0 Å². The van der Waals surface area contributed by atoms with Crippen LogP contribution in [0.3, 0.4) is 0 Å². The molecule has 0 atom stereocenters. The number of thiazole rings is 1. The van der Waals surface area contributed by atoms with Crippen LogP contribution in [0.1, 0.15) is 36.5 Å². The molecule has 146 valence electrons. The molecule has 1 N–H and O–H groups in total. The molecule has 0 spiro atoms. The summed E-state index contributed by atoms with van der Waals surface area (Å²) in [6.07, 6.45) is 2.90. The molecule has 0 unspecified atom stereocenters. The summed E-state index contributed by atoms with van der Waals surface area (Å²) in [5.74, 6) is 0.687. The lowest BCUT2D eigenvalue weighted by Crippen LogP contribution is -2.49. The van der Waals surface area contributed by atoms with Gasteiger partial charge in [0.15, 0.2) is 10.9 Å². The summed E-state index contributed by atoms with van der Waals surface area (Å²) in [6, 6.07) is 3.25. The van der Waals surface area contributed by atoms with Crippen molar-refractivity contribution in [3.63, 3.8) is 0 Å². The number of furan rings is 1. The van der Waals surface area contributed by atoms with E-state index in [4.69, 9.17) is 4.42 Å². The zero-order chi connectivity index (χ0) is 19.2. The molecule has 3 rings (SSSR count). The minimum atomic E-state index is -0.343. The molecule has 1 aliphatic heterocycles. The van der Waals surface area contributed by atoms with Gasteiger partial charge in [0.2, 0.25) is 5.91 Å². The van der Waals surface area contributed by atoms with Gasteiger partial charge in [-0.25, -0.2) is 4.98 Å². The van der Waals surface area contributed by atoms with E-state index in [2.05, 4.69) is 29.0 Å². The van der Waals surface area contributed by atoms with Crippen LogP contribution >= 0.6 is 11.3 Å². The lowest BCUT2D eigenvalue weighted by Gasteiger charge is -2.35. The Labute approximate surface area is 163 Å². The van der Waals surface area contributed by atoms with Crippen molar-refractivity contribution in [1.29, 1.82) is 0 Å². The van der Waals surface area contributed by atoms with E-state index in [-0.39, 0.29) is 24.0 Å². The molecule has 2 aromatic heterocycles. The lowest BCUT2D eigenvalue weighted by molar-refractivity contribution is -0.132. The highest BCUT2D eigenvalue weighted by Crippen LogP contribution is 2.18. The van der Waals surface area contributed by atoms with Crippen LogP contribution in [0.4, 0.5) is 5.13 Å². The van der Waals surface area contributed by atoms with Crippen LogP contribution in [0.25, 0.3) is 0 Å². The van der Waals surface area contributed by atoms with E-state index in [1.54, 1.807) is 12.1 Å². The predicted octanol–water partition coefficient (Wildman–Crippen LogP) is 2.72. The molecule has 27 heavy (non-hydrogen) atoms. The molecule has 3 heterocycles. The molecule has 2 amide bonds. The fourth-order valence-electron chi connectivity index (χ4n) is 2.94. The number of anilines is 1. The topological polar surface area (TPSA) is 78.7 Å². The fourth-order valence-corrected chi connectivity index (χ4v) is 3.65. The number of carbonyl (C=O) groups is 2. The maximum Gasteiger partial charge on any atom is 0.293 e. The molecule has 1 fully saturated rings. The average molecular weight is 391 g/mol. The Balaban J connectivity index is 1.45. The summed E-state index contributed by atoms with van der Waals surface area (Å²) in [6.45, 7) is 8.97. The number of amides is 2. The summed E-state index contributed by atoms with van der Waals surface area (Å²) < 4.78 is 5.06. The van der Waals surface area contributed by atoms with Crippen molar-refractivity contribution in [2.75, 3.05) is 38.0 Å². The molecule has 0 radical (unpaired) electrons. The molecule has 0 aliphatic carbocycles. The van der Waals surface area contributed by atoms with Crippen LogP contribution in [0.15, 0.2) is 28.2 Å². The molecular formula is C19H26N4O3S. The number of nitrogens with zero attached hydrogens (tertiary/aromatic N) is 3. The number of nitrogens with one attached hydrogen (secondary N) is 1. The minimum absolute atomic E-state index is 0.0905. The van der Waals surface area contributed by atoms with Gasteiger partial charge in [-0.15, -0.1) is 11.3 Å². The van der Waals surface area contributed by atoms with Gasteiger partial charge in [-0.3, -0.25) is 19.8 Å². The maximum atomic E-state index is 12.5. The Kier molecular flexibility index (Phi) is 6.63. The first-order valence-corrected chi connectivity index (χ1v) is 10.2. The standard InChI is InChI=1S/C19H26N4O3S/c1-14(2)5-6-22-7-9-23(10-8-22)17(24)12-15-13-27-19(20-15)21-18(25)16-4-3-11-26-16/h3-4,11,13-14H,5-10,12H2,1-2H3,(H,20,21,25). The summed E-state index contributed by atoms with van der Waals surface area (Å²) in [5, 5.41) is 4.97. The first kappa shape index (κ1) is 19.6. The average Bonchev–Trinajstić information content (AvgIpc) is 3.32. The zero-order valence-corrected chi connectivity index (χ0v) is 16.6. The van der Waals surface area contributed by atoms with Gasteiger partial charge in [-0.1, -0.05) is 13.8 Å². The van der Waals surface area contributed by atoms with Crippen LogP contribution in [0.2, 0.25) is 0 Å². The Bertz CT molecular complexity index is 749. The van der Waals surface area contributed by atoms with Gasteiger partial charge in [0.25, 0.3) is 5.91 Å². The van der Waals surface area contributed by atoms with Gasteiger partial charge in [0, 0.05) is 31.6 Å². The fraction of sp³-hybridized carbons (Fsp3) is 0.526. The summed E-state index contributed by atoms with van der Waals surface area (Å²) >= 11 is 1.31. The monoisotopic (exact) mass is 390 g/mol. The van der Waals surface area contributed by atoms with Crippen molar-refractivity contribution in [3.8, 4) is 0 Å². The Morgan fingerprint density at radius 3 is 2.74 bits per heavy atom. The van der Waals surface area contributed by atoms with E-state index in [0.29, 0.717) is 16.7 Å². The lowest BCUT2D eigenvalue weighted by atomic mass is 10.1. The molecule has 0 saturated carbocycles. The Hall–Kier alpha value is -2.19. The summed E-state index contributed by atoms with van der Waals surface area (Å²) in [5.41, 5.74) is 0.682. The van der Waals surface area contributed by atoms with E-state index in [1.165, 1.54) is 24.0 Å². The normalized spacial score (nSPS) is 15.3. The molecule has 7 nitrogen and oxygen atoms in total. The third-order valence-corrected chi connectivity index (χ3v) is 5.40. The number of rotatable bonds is 7. The van der Waals surface area contributed by atoms with E-state index in [0.717, 1.165) is 32.7 Å². The summed E-state index contributed by atoms with van der Waals surface area (Å²) in [7, 11) is 0. The van der Waals surface area contributed by atoms with Crippen LogP contribution < -0.4 is 5.32 Å². The third-order valence-electron chi connectivity index (χ3n) is 4.60. The first-order valence-electron chi connectivity index (χ1n) is 9.30. The van der Waals surface area contributed by atoms with E-state index in [1.807, 2.05) is 10.3 Å². The number of piperazine rings is 1. The molecule has 0 bridgehead atoms. The van der Waals surface area contributed by atoms with Gasteiger partial charge in [0.05, 0.1) is 18.4 Å². The molecule has 8 heteroatoms. The highest BCUT2D eigenvalue weighted by molar-refractivity contribution is 7.14. The molecule has 1 saturated heterocycles. The van der Waals surface area contributed by atoms with Crippen LogP contribution in [-0.4, -0.2) is 59.3 Å². The molecule has 0 aromatic carbocycles. The Morgan fingerprint density at radius 2 is 2.07 bits per heavy atom. The van der Waals surface area contributed by atoms with Gasteiger partial charge in [-0.05, 0) is 31.0 Å². The number of carbonyl (C=O) groups excluding carboxylic acids is 2. The predicted molar refractivity (Wildman–Crippen MR) is 105 cm³/mol. The van der Waals surface area contributed by atoms with Crippen molar-refractivity contribution in [1.82, 2.24) is 14.8 Å². The zero-order valence-electron chi connectivity index (χ0n) is 15.8. The molecular weight excluding hydrogens is 364 g/mol. The van der Waals surface area contributed by atoms with Crippen LogP contribution in [0, 0.1) is 5.92 Å². The first-order chi connectivity index (χ1) is 13.0. The smallest absolute Gasteiger partial charge is 0.293 e. The molecule has 2 aromatic rings. The van der Waals surface area contributed by atoms with Crippen molar-refractivity contribution < 1.29 is 14.0 Å². The maximum absolute atomic E-state index is 12.5. The SMILES string of the molecule is CC(C)CCN1CCN(C(=O)Cc2csc(NC(=O)c3ccco3)n2)CC1. The van der Waals surface area contributed by atoms with Crippen molar-refractivity contribution >= 4 is 28.3 Å². The van der Waals surface area contributed by atoms with Crippen LogP contribution in [-0.2, 0) is 11.2 Å². The van der Waals surface area contributed by atoms with E-state index >= 15 is 0 Å². The molecule has 1 aliphatic rings. The van der Waals surface area contributed by atoms with Gasteiger partial charge >= 0.3 is 0 Å². The van der Waals surface area contributed by atoms with Crippen molar-refractivity contribution in [3.05, 3.63) is 35.2 Å². The second kappa shape index (κ2) is 9.14. The number of hydrogen-bond acceptors (Lipinski definition) is 6. The largest absolute Gasteiger partial charge is 0.459 e. The minimum Gasteiger partial charge on any atom is -0.459 e. The van der Waals surface area contributed by atoms with Crippen molar-refractivity contribution in [2.45, 2.75) is 26.7 Å². The highest BCUT2D eigenvalue weighted by Gasteiger charge is 2.22.